The topological polar surface area (TPSA) is 20.3 Å². The van der Waals surface area contributed by atoms with Crippen LogP contribution in [0.4, 0.5) is 5.69 Å². The summed E-state index contributed by atoms with van der Waals surface area (Å²) in [5.41, 5.74) is 2.67. The molecule has 0 spiro atoms. The molecule has 86 valence electrons. The van der Waals surface area contributed by atoms with Crippen molar-refractivity contribution in [1.29, 1.82) is 0 Å². The molecule has 0 bridgehead atoms. The van der Waals surface area contributed by atoms with Crippen molar-refractivity contribution in [1.82, 2.24) is 0 Å². The van der Waals surface area contributed by atoms with E-state index in [2.05, 4.69) is 43.9 Å². The molecule has 16 heavy (non-hydrogen) atoms. The van der Waals surface area contributed by atoms with Gasteiger partial charge in [0, 0.05) is 17.1 Å². The summed E-state index contributed by atoms with van der Waals surface area (Å²) in [5.74, 6) is 0.480. The number of nitrogens with zero attached hydrogens (tertiary/aromatic N) is 1. The molecule has 1 aromatic rings. The lowest BCUT2D eigenvalue weighted by atomic mass is 9.83. The van der Waals surface area contributed by atoms with Crippen LogP contribution in [0.15, 0.2) is 24.3 Å². The van der Waals surface area contributed by atoms with E-state index in [-0.39, 0.29) is 5.54 Å². The quantitative estimate of drug-likeness (QED) is 0.725. The summed E-state index contributed by atoms with van der Waals surface area (Å²) >= 11 is 0. The minimum Gasteiger partial charge on any atom is -0.358 e. The Bertz CT molecular complexity index is 401. The number of hydrogen-bond donors (Lipinski definition) is 0. The molecule has 1 aliphatic heterocycles. The van der Waals surface area contributed by atoms with Crippen molar-refractivity contribution in [3.8, 4) is 0 Å². The number of para-hydroxylation sites is 1. The molecule has 0 N–H and O–H groups in total. The maximum absolute atomic E-state index is 10.8. The van der Waals surface area contributed by atoms with Crippen LogP contribution >= 0.6 is 0 Å². The van der Waals surface area contributed by atoms with Crippen LogP contribution in [0.3, 0.4) is 0 Å². The highest BCUT2D eigenvalue weighted by atomic mass is 16.1. The predicted molar refractivity (Wildman–Crippen MR) is 67.0 cm³/mol. The van der Waals surface area contributed by atoms with Gasteiger partial charge in [-0.2, -0.15) is 0 Å². The summed E-state index contributed by atoms with van der Waals surface area (Å²) in [7, 11) is 0. The Kier molecular flexibility index (Phi) is 2.75. The lowest BCUT2D eigenvalue weighted by molar-refractivity contribution is -0.106. The van der Waals surface area contributed by atoms with E-state index < -0.39 is 0 Å². The second-order valence-electron chi connectivity index (χ2n) is 4.77. The summed E-state index contributed by atoms with van der Waals surface area (Å²) < 4.78 is 0. The van der Waals surface area contributed by atoms with Crippen molar-refractivity contribution in [3.05, 3.63) is 29.8 Å². The van der Waals surface area contributed by atoms with Crippen molar-refractivity contribution in [3.63, 3.8) is 0 Å². The molecule has 2 heteroatoms. The Morgan fingerprint density at radius 1 is 1.44 bits per heavy atom. The maximum Gasteiger partial charge on any atom is 0.139 e. The van der Waals surface area contributed by atoms with Crippen LogP contribution in [0.5, 0.6) is 0 Å². The van der Waals surface area contributed by atoms with E-state index in [9.17, 15) is 4.79 Å². The molecule has 0 radical (unpaired) electrons. The van der Waals surface area contributed by atoms with Gasteiger partial charge in [0.15, 0.2) is 0 Å². The van der Waals surface area contributed by atoms with Crippen LogP contribution < -0.4 is 4.90 Å². The van der Waals surface area contributed by atoms with Crippen molar-refractivity contribution in [2.75, 3.05) is 11.4 Å². The smallest absolute Gasteiger partial charge is 0.139 e. The molecule has 0 unspecified atom stereocenters. The molecule has 1 heterocycles. The standard InChI is InChI=1S/C14H19NO/c1-4-14(3)11(2)12-7-5-6-8-13(12)15(14)9-10-16/h5-8,10-11H,4,9H2,1-3H3/t11-,14-/m0/s1. The second-order valence-corrected chi connectivity index (χ2v) is 4.77. The molecule has 0 saturated carbocycles. The second kappa shape index (κ2) is 3.93. The van der Waals surface area contributed by atoms with Crippen LogP contribution in [0, 0.1) is 0 Å². The van der Waals surface area contributed by atoms with Crippen LogP contribution in [0.2, 0.25) is 0 Å². The third-order valence-electron chi connectivity index (χ3n) is 4.22. The van der Waals surface area contributed by atoms with Crippen molar-refractivity contribution >= 4 is 12.0 Å². The Morgan fingerprint density at radius 2 is 2.12 bits per heavy atom. The lowest BCUT2D eigenvalue weighted by Crippen LogP contribution is -2.46. The minimum atomic E-state index is 0.0740. The molecule has 1 aromatic carbocycles. The van der Waals surface area contributed by atoms with Gasteiger partial charge in [0.2, 0.25) is 0 Å². The minimum absolute atomic E-state index is 0.0740. The first kappa shape index (κ1) is 11.2. The van der Waals surface area contributed by atoms with Gasteiger partial charge in [0.1, 0.15) is 6.29 Å². The molecular weight excluding hydrogens is 198 g/mol. The third-order valence-corrected chi connectivity index (χ3v) is 4.22. The summed E-state index contributed by atoms with van der Waals surface area (Å²) in [6, 6.07) is 8.43. The fraction of sp³-hybridized carbons (Fsp3) is 0.500. The van der Waals surface area contributed by atoms with Crippen LogP contribution in [-0.4, -0.2) is 18.4 Å². The summed E-state index contributed by atoms with van der Waals surface area (Å²) in [5, 5.41) is 0. The molecule has 2 rings (SSSR count). The zero-order valence-electron chi connectivity index (χ0n) is 10.2. The molecule has 0 fully saturated rings. The largest absolute Gasteiger partial charge is 0.358 e. The van der Waals surface area contributed by atoms with Gasteiger partial charge in [0.05, 0.1) is 6.54 Å². The van der Waals surface area contributed by atoms with Gasteiger partial charge in [0.25, 0.3) is 0 Å². The average Bonchev–Trinajstić information content (AvgIpc) is 2.53. The van der Waals surface area contributed by atoms with E-state index in [4.69, 9.17) is 0 Å². The van der Waals surface area contributed by atoms with Crippen LogP contribution in [0.25, 0.3) is 0 Å². The van der Waals surface area contributed by atoms with Gasteiger partial charge in [-0.15, -0.1) is 0 Å². The van der Waals surface area contributed by atoms with E-state index in [1.807, 2.05) is 6.07 Å². The average molecular weight is 217 g/mol. The molecule has 0 saturated heterocycles. The highest BCUT2D eigenvalue weighted by Gasteiger charge is 2.43. The molecule has 0 aliphatic carbocycles. The molecule has 1 aliphatic rings. The number of fused-ring (bicyclic) bond motifs is 1. The van der Waals surface area contributed by atoms with E-state index >= 15 is 0 Å². The number of carbonyl (C=O) groups excluding carboxylic acids is 1. The third kappa shape index (κ3) is 1.36. The van der Waals surface area contributed by atoms with Gasteiger partial charge in [-0.05, 0) is 25.0 Å². The van der Waals surface area contributed by atoms with Crippen LogP contribution in [-0.2, 0) is 4.79 Å². The Morgan fingerprint density at radius 3 is 2.75 bits per heavy atom. The molecule has 2 atom stereocenters. The summed E-state index contributed by atoms with van der Waals surface area (Å²) in [4.78, 5) is 13.1. The SMILES string of the molecule is CC[C@@]1(C)[C@@H](C)c2ccccc2N1CC=O. The highest BCUT2D eigenvalue weighted by Crippen LogP contribution is 2.48. The molecule has 2 nitrogen and oxygen atoms in total. The number of anilines is 1. The summed E-state index contributed by atoms with van der Waals surface area (Å²) in [6.07, 6.45) is 2.05. The zero-order valence-corrected chi connectivity index (χ0v) is 10.2. The van der Waals surface area contributed by atoms with Gasteiger partial charge in [-0.1, -0.05) is 32.0 Å². The van der Waals surface area contributed by atoms with E-state index in [0.717, 1.165) is 12.7 Å². The number of carbonyl (C=O) groups is 1. The van der Waals surface area contributed by atoms with Crippen molar-refractivity contribution < 1.29 is 4.79 Å². The first-order valence-electron chi connectivity index (χ1n) is 5.95. The van der Waals surface area contributed by atoms with E-state index in [1.54, 1.807) is 0 Å². The molecular formula is C14H19NO. The fourth-order valence-electron chi connectivity index (χ4n) is 2.82. The van der Waals surface area contributed by atoms with Crippen molar-refractivity contribution in [2.45, 2.75) is 38.6 Å². The normalized spacial score (nSPS) is 27.9. The van der Waals surface area contributed by atoms with Crippen molar-refractivity contribution in [2.24, 2.45) is 0 Å². The zero-order chi connectivity index (χ0) is 11.8. The Hall–Kier alpha value is -1.31. The number of hydrogen-bond acceptors (Lipinski definition) is 2. The van der Waals surface area contributed by atoms with Gasteiger partial charge in [-0.3, -0.25) is 0 Å². The van der Waals surface area contributed by atoms with Gasteiger partial charge < -0.3 is 9.69 Å². The summed E-state index contributed by atoms with van der Waals surface area (Å²) in [6.45, 7) is 7.19. The van der Waals surface area contributed by atoms with Crippen LogP contribution in [0.1, 0.15) is 38.7 Å². The number of rotatable bonds is 3. The molecule has 0 aromatic heterocycles. The van der Waals surface area contributed by atoms with E-state index in [1.165, 1.54) is 11.3 Å². The Balaban J connectivity index is 2.51. The predicted octanol–water partition coefficient (Wildman–Crippen LogP) is 2.98. The Labute approximate surface area is 97.3 Å². The lowest BCUT2D eigenvalue weighted by Gasteiger charge is -2.38. The number of benzene rings is 1. The van der Waals surface area contributed by atoms with E-state index in [0.29, 0.717) is 12.5 Å². The number of aldehydes is 1. The highest BCUT2D eigenvalue weighted by molar-refractivity contribution is 5.70. The maximum atomic E-state index is 10.8. The fourth-order valence-corrected chi connectivity index (χ4v) is 2.82. The monoisotopic (exact) mass is 217 g/mol. The molecule has 0 amide bonds. The van der Waals surface area contributed by atoms with Gasteiger partial charge >= 0.3 is 0 Å². The van der Waals surface area contributed by atoms with Gasteiger partial charge in [-0.25, -0.2) is 0 Å². The first-order chi connectivity index (χ1) is 7.65. The first-order valence-corrected chi connectivity index (χ1v) is 5.95.